The molecule has 0 saturated carbocycles. The topological polar surface area (TPSA) is 127 Å². The molecule has 2 aliphatic heterocycles. The average Bonchev–Trinajstić information content (AvgIpc) is 3.16. The molecule has 2 rings (SSSR count). The Hall–Kier alpha value is -1.90. The molecule has 1 amide bonds. The molecule has 0 spiro atoms. The van der Waals surface area contributed by atoms with Crippen molar-refractivity contribution >= 4 is 21.9 Å². The molecule has 0 aromatic rings. The molecule has 194 valence electrons. The number of rotatable bonds is 8. The number of ether oxygens (including phenoxy) is 1. The second kappa shape index (κ2) is 11.7. The van der Waals surface area contributed by atoms with Gasteiger partial charge < -0.3 is 15.0 Å². The average molecular weight is 499 g/mol. The lowest BCUT2D eigenvalue weighted by Crippen LogP contribution is -2.54. The number of carbonyl (C=O) groups excluding carboxylic acids is 1. The van der Waals surface area contributed by atoms with E-state index in [2.05, 4.69) is 39.8 Å². The van der Waals surface area contributed by atoms with Crippen LogP contribution < -0.4 is 10.0 Å². The third kappa shape index (κ3) is 8.40. The summed E-state index contributed by atoms with van der Waals surface area (Å²) in [5.74, 6) is -0.213. The summed E-state index contributed by atoms with van der Waals surface area (Å²) in [5.41, 5.74) is -1.22. The van der Waals surface area contributed by atoms with Crippen LogP contribution in [0.3, 0.4) is 0 Å². The first kappa shape index (κ1) is 28.3. The maximum atomic E-state index is 13.5. The van der Waals surface area contributed by atoms with Gasteiger partial charge in [-0.05, 0) is 31.1 Å². The van der Waals surface area contributed by atoms with Crippen LogP contribution in [-0.4, -0.2) is 93.4 Å². The lowest BCUT2D eigenvalue weighted by Gasteiger charge is -2.32. The quantitative estimate of drug-likeness (QED) is 0.381. The van der Waals surface area contributed by atoms with Gasteiger partial charge in [-0.25, -0.2) is 13.4 Å². The summed E-state index contributed by atoms with van der Waals surface area (Å²) in [6.07, 6.45) is 3.99. The number of nitriles is 1. The summed E-state index contributed by atoms with van der Waals surface area (Å²) in [6.45, 7) is 13.4. The number of sulfonamides is 1. The number of carbonyl (C=O) groups is 1. The van der Waals surface area contributed by atoms with Crippen LogP contribution >= 0.6 is 0 Å². The summed E-state index contributed by atoms with van der Waals surface area (Å²) in [4.78, 5) is 22.2. The molecule has 2 N–H and O–H groups in total. The maximum absolute atomic E-state index is 13.5. The van der Waals surface area contributed by atoms with E-state index >= 15 is 0 Å². The molecule has 11 heteroatoms. The first-order valence-corrected chi connectivity index (χ1v) is 14.1. The Morgan fingerprint density at radius 3 is 2.32 bits per heavy atom. The molecular formula is C23H42N6O4S. The second-order valence-corrected chi connectivity index (χ2v) is 12.3. The number of nitrogens with one attached hydrogen (secondary N) is 2. The smallest absolute Gasteiger partial charge is 0.246 e. The summed E-state index contributed by atoms with van der Waals surface area (Å²) in [6, 6.07) is 1.88. The number of hydrogen-bond acceptors (Lipinski definition) is 7. The number of hydrogen-bond donors (Lipinski definition) is 2. The van der Waals surface area contributed by atoms with Gasteiger partial charge in [-0.3, -0.25) is 14.4 Å². The minimum Gasteiger partial charge on any atom is -0.378 e. The molecule has 2 saturated heterocycles. The van der Waals surface area contributed by atoms with Crippen molar-refractivity contribution in [1.29, 1.82) is 5.26 Å². The van der Waals surface area contributed by atoms with Gasteiger partial charge in [-0.1, -0.05) is 34.6 Å². The molecule has 2 heterocycles. The fraction of sp³-hybridized carbons (Fsp3) is 0.870. The molecule has 0 radical (unpaired) electrons. The zero-order valence-corrected chi connectivity index (χ0v) is 22.4. The van der Waals surface area contributed by atoms with Gasteiger partial charge in [0.1, 0.15) is 11.6 Å². The van der Waals surface area contributed by atoms with Crippen molar-refractivity contribution in [1.82, 2.24) is 19.8 Å². The van der Waals surface area contributed by atoms with E-state index in [-0.39, 0.29) is 17.3 Å². The first-order valence-electron chi connectivity index (χ1n) is 12.2. The standard InChI is InChI=1S/C23H42N6O4S/c1-7-18(8-2)29-10-9-23(16-24,17-29)26-20(30)19(15-22(3,4)5)25-21(27-34(6,31)32)28-11-13-33-14-12-28/h18-19H,7-15,17H2,1-6H3,(H,25,27)(H,26,30). The van der Waals surface area contributed by atoms with E-state index in [1.807, 2.05) is 20.8 Å². The van der Waals surface area contributed by atoms with Gasteiger partial charge in [-0.2, -0.15) is 5.26 Å². The van der Waals surface area contributed by atoms with Crippen molar-refractivity contribution in [3.05, 3.63) is 0 Å². The van der Waals surface area contributed by atoms with Crippen molar-refractivity contribution in [2.45, 2.75) is 77.9 Å². The Morgan fingerprint density at radius 1 is 1.21 bits per heavy atom. The highest BCUT2D eigenvalue weighted by molar-refractivity contribution is 7.89. The molecule has 34 heavy (non-hydrogen) atoms. The van der Waals surface area contributed by atoms with Crippen LogP contribution in [0.4, 0.5) is 0 Å². The second-order valence-electron chi connectivity index (χ2n) is 10.6. The van der Waals surface area contributed by atoms with Gasteiger partial charge in [-0.15, -0.1) is 0 Å². The summed E-state index contributed by atoms with van der Waals surface area (Å²) >= 11 is 0. The summed E-state index contributed by atoms with van der Waals surface area (Å²) in [5, 5.41) is 13.0. The van der Waals surface area contributed by atoms with Crippen LogP contribution in [0.1, 0.15) is 60.3 Å². The highest BCUT2D eigenvalue weighted by Crippen LogP contribution is 2.27. The first-order chi connectivity index (χ1) is 15.8. The molecule has 2 aliphatic rings. The fourth-order valence-electron chi connectivity index (χ4n) is 4.53. The normalized spacial score (nSPS) is 23.6. The van der Waals surface area contributed by atoms with Crippen molar-refractivity contribution < 1.29 is 17.9 Å². The van der Waals surface area contributed by atoms with Crippen LogP contribution in [0.25, 0.3) is 0 Å². The highest BCUT2D eigenvalue weighted by Gasteiger charge is 2.43. The van der Waals surface area contributed by atoms with Crippen molar-refractivity contribution in [3.63, 3.8) is 0 Å². The Balaban J connectivity index is 2.33. The Bertz CT molecular complexity index is 869. The Labute approximate surface area is 205 Å². The number of likely N-dealkylation sites (tertiary alicyclic amines) is 1. The van der Waals surface area contributed by atoms with Gasteiger partial charge in [0, 0.05) is 32.2 Å². The van der Waals surface area contributed by atoms with Gasteiger partial charge in [0.25, 0.3) is 0 Å². The predicted molar refractivity (Wildman–Crippen MR) is 133 cm³/mol. The number of amides is 1. The van der Waals surface area contributed by atoms with Crippen molar-refractivity contribution in [2.24, 2.45) is 10.4 Å². The van der Waals surface area contributed by atoms with E-state index < -0.39 is 21.6 Å². The molecule has 0 aliphatic carbocycles. The van der Waals surface area contributed by atoms with E-state index in [9.17, 15) is 18.5 Å². The van der Waals surface area contributed by atoms with Crippen LogP contribution in [0.5, 0.6) is 0 Å². The molecule has 2 unspecified atom stereocenters. The van der Waals surface area contributed by atoms with E-state index in [1.165, 1.54) is 0 Å². The molecule has 0 bridgehead atoms. The van der Waals surface area contributed by atoms with E-state index in [4.69, 9.17) is 4.74 Å². The summed E-state index contributed by atoms with van der Waals surface area (Å²) < 4.78 is 32.0. The van der Waals surface area contributed by atoms with Gasteiger partial charge in [0.15, 0.2) is 0 Å². The minimum atomic E-state index is -3.60. The van der Waals surface area contributed by atoms with Crippen LogP contribution in [-0.2, 0) is 19.6 Å². The van der Waals surface area contributed by atoms with Crippen molar-refractivity contribution in [3.8, 4) is 6.07 Å². The van der Waals surface area contributed by atoms with Gasteiger partial charge in [0.05, 0.1) is 25.5 Å². The SMILES string of the molecule is CCC(CC)N1CCC(C#N)(NC(=O)C(CC(C)(C)C)N=C(NS(C)(=O)=O)N2CCOCC2)C1. The molecule has 2 fully saturated rings. The van der Waals surface area contributed by atoms with Gasteiger partial charge in [0.2, 0.25) is 21.9 Å². The van der Waals surface area contributed by atoms with Crippen LogP contribution in [0.15, 0.2) is 4.99 Å². The third-order valence-corrected chi connectivity index (χ3v) is 6.86. The molecule has 10 nitrogen and oxygen atoms in total. The number of aliphatic imine (C=N–C) groups is 1. The number of nitrogens with zero attached hydrogens (tertiary/aromatic N) is 4. The monoisotopic (exact) mass is 498 g/mol. The Morgan fingerprint density at radius 2 is 1.82 bits per heavy atom. The molecule has 2 atom stereocenters. The zero-order valence-electron chi connectivity index (χ0n) is 21.6. The van der Waals surface area contributed by atoms with E-state index in [0.717, 1.165) is 25.6 Å². The largest absolute Gasteiger partial charge is 0.378 e. The summed E-state index contributed by atoms with van der Waals surface area (Å²) in [7, 11) is -3.60. The molecular weight excluding hydrogens is 456 g/mol. The van der Waals surface area contributed by atoms with Crippen LogP contribution in [0.2, 0.25) is 0 Å². The molecule has 0 aromatic heterocycles. The lowest BCUT2D eigenvalue weighted by molar-refractivity contribution is -0.124. The zero-order chi connectivity index (χ0) is 25.6. The molecule has 0 aromatic carbocycles. The highest BCUT2D eigenvalue weighted by atomic mass is 32.2. The maximum Gasteiger partial charge on any atom is 0.246 e. The Kier molecular flexibility index (Phi) is 9.74. The van der Waals surface area contributed by atoms with Gasteiger partial charge >= 0.3 is 0 Å². The lowest BCUT2D eigenvalue weighted by atomic mass is 9.87. The fourth-order valence-corrected chi connectivity index (χ4v) is 5.05. The predicted octanol–water partition coefficient (Wildman–Crippen LogP) is 1.30. The number of guanidine groups is 1. The van der Waals surface area contributed by atoms with Crippen LogP contribution in [0, 0.1) is 16.7 Å². The number of morpholine rings is 1. The van der Waals surface area contributed by atoms with E-state index in [0.29, 0.717) is 51.7 Å². The minimum absolute atomic E-state index is 0.145. The van der Waals surface area contributed by atoms with E-state index in [1.54, 1.807) is 4.90 Å². The van der Waals surface area contributed by atoms with Crippen molar-refractivity contribution in [2.75, 3.05) is 45.6 Å². The third-order valence-electron chi connectivity index (χ3n) is 6.31.